The zero-order chi connectivity index (χ0) is 7.40. The van der Waals surface area contributed by atoms with Crippen LogP contribution in [0.25, 0.3) is 0 Å². The van der Waals surface area contributed by atoms with E-state index in [9.17, 15) is 4.79 Å². The third-order valence-corrected chi connectivity index (χ3v) is 1.57. The van der Waals surface area contributed by atoms with Gasteiger partial charge in [0.15, 0.2) is 0 Å². The lowest BCUT2D eigenvalue weighted by Crippen LogP contribution is -2.41. The molecule has 0 amide bonds. The number of aliphatic carboxylic acids is 1. The van der Waals surface area contributed by atoms with Crippen molar-refractivity contribution in [2.24, 2.45) is 0 Å². The predicted octanol–water partition coefficient (Wildman–Crippen LogP) is -0.977. The average molecular weight is 144 g/mol. The van der Waals surface area contributed by atoms with Crippen molar-refractivity contribution in [2.45, 2.75) is 12.5 Å². The van der Waals surface area contributed by atoms with Crippen molar-refractivity contribution >= 4 is 5.97 Å². The van der Waals surface area contributed by atoms with Crippen molar-refractivity contribution in [3.8, 4) is 0 Å². The topological polar surface area (TPSA) is 61.4 Å². The van der Waals surface area contributed by atoms with Crippen LogP contribution in [0.4, 0.5) is 0 Å². The summed E-state index contributed by atoms with van der Waals surface area (Å²) in [6.45, 7) is 2.25. The van der Waals surface area contributed by atoms with E-state index in [1.165, 1.54) is 0 Å². The van der Waals surface area contributed by atoms with Gasteiger partial charge in [0, 0.05) is 6.54 Å². The van der Waals surface area contributed by atoms with Crippen LogP contribution in [0.1, 0.15) is 6.42 Å². The number of hydrogen-bond donors (Lipinski definition) is 3. The van der Waals surface area contributed by atoms with Crippen LogP contribution in [-0.4, -0.2) is 36.8 Å². The number of hydrogen-bond acceptors (Lipinski definition) is 3. The standard InChI is InChI=1S/C6H12N2O2/c9-6(10)5-4-7-2-1-3-8-5/h5,7-8H,1-4H2,(H,9,10). The molecular formula is C6H12N2O2. The summed E-state index contributed by atoms with van der Waals surface area (Å²) in [4.78, 5) is 10.4. The van der Waals surface area contributed by atoms with E-state index in [2.05, 4.69) is 10.6 Å². The van der Waals surface area contributed by atoms with Crippen LogP contribution in [0.3, 0.4) is 0 Å². The summed E-state index contributed by atoms with van der Waals surface area (Å²) in [5.74, 6) is -0.769. The number of carbonyl (C=O) groups is 1. The van der Waals surface area contributed by atoms with Gasteiger partial charge in [-0.25, -0.2) is 0 Å². The van der Waals surface area contributed by atoms with Gasteiger partial charge in [-0.15, -0.1) is 0 Å². The predicted molar refractivity (Wildman–Crippen MR) is 36.9 cm³/mol. The summed E-state index contributed by atoms with van der Waals surface area (Å²) in [7, 11) is 0. The molecule has 58 valence electrons. The number of carboxylic acid groups (broad SMARTS) is 1. The highest BCUT2D eigenvalue weighted by Crippen LogP contribution is 1.88. The fourth-order valence-corrected chi connectivity index (χ4v) is 0.983. The third-order valence-electron chi connectivity index (χ3n) is 1.57. The molecule has 1 aliphatic rings. The summed E-state index contributed by atoms with van der Waals surface area (Å²) in [5, 5.41) is 14.5. The molecule has 0 radical (unpaired) electrons. The highest BCUT2D eigenvalue weighted by molar-refractivity contribution is 5.73. The molecule has 1 rings (SSSR count). The van der Waals surface area contributed by atoms with Gasteiger partial charge in [-0.3, -0.25) is 4.79 Å². The van der Waals surface area contributed by atoms with E-state index in [-0.39, 0.29) is 0 Å². The summed E-state index contributed by atoms with van der Waals surface area (Å²) in [6, 6.07) is -0.400. The van der Waals surface area contributed by atoms with Gasteiger partial charge in [0.05, 0.1) is 0 Å². The normalized spacial score (nSPS) is 27.4. The van der Waals surface area contributed by atoms with E-state index in [4.69, 9.17) is 5.11 Å². The van der Waals surface area contributed by atoms with Crippen LogP contribution < -0.4 is 10.6 Å². The lowest BCUT2D eigenvalue weighted by Gasteiger charge is -2.08. The molecule has 0 aromatic rings. The van der Waals surface area contributed by atoms with Crippen molar-refractivity contribution in [3.63, 3.8) is 0 Å². The Morgan fingerprint density at radius 1 is 1.50 bits per heavy atom. The van der Waals surface area contributed by atoms with E-state index in [0.717, 1.165) is 19.5 Å². The molecular weight excluding hydrogens is 132 g/mol. The highest BCUT2D eigenvalue weighted by atomic mass is 16.4. The molecule has 4 heteroatoms. The van der Waals surface area contributed by atoms with Gasteiger partial charge < -0.3 is 15.7 Å². The van der Waals surface area contributed by atoms with E-state index in [0.29, 0.717) is 6.54 Å². The smallest absolute Gasteiger partial charge is 0.322 e. The van der Waals surface area contributed by atoms with Crippen LogP contribution in [0.5, 0.6) is 0 Å². The number of carboxylic acids is 1. The molecule has 0 spiro atoms. The largest absolute Gasteiger partial charge is 0.480 e. The van der Waals surface area contributed by atoms with Gasteiger partial charge >= 0.3 is 5.97 Å². The van der Waals surface area contributed by atoms with Crippen molar-refractivity contribution < 1.29 is 9.90 Å². The summed E-state index contributed by atoms with van der Waals surface area (Å²) in [6.07, 6.45) is 1.00. The average Bonchev–Trinajstić information content (AvgIpc) is 2.12. The second-order valence-electron chi connectivity index (χ2n) is 2.40. The lowest BCUT2D eigenvalue weighted by molar-refractivity contribution is -0.139. The summed E-state index contributed by atoms with van der Waals surface area (Å²) in [5.41, 5.74) is 0. The zero-order valence-corrected chi connectivity index (χ0v) is 5.76. The van der Waals surface area contributed by atoms with Crippen molar-refractivity contribution in [3.05, 3.63) is 0 Å². The monoisotopic (exact) mass is 144 g/mol. The van der Waals surface area contributed by atoms with Gasteiger partial charge in [-0.05, 0) is 19.5 Å². The van der Waals surface area contributed by atoms with Crippen LogP contribution in [0.2, 0.25) is 0 Å². The fourth-order valence-electron chi connectivity index (χ4n) is 0.983. The van der Waals surface area contributed by atoms with E-state index in [1.54, 1.807) is 0 Å². The highest BCUT2D eigenvalue weighted by Gasteiger charge is 2.17. The third kappa shape index (κ3) is 1.97. The molecule has 1 heterocycles. The fraction of sp³-hybridized carbons (Fsp3) is 0.833. The first-order valence-electron chi connectivity index (χ1n) is 3.47. The molecule has 1 saturated heterocycles. The Balaban J connectivity index is 2.35. The maximum Gasteiger partial charge on any atom is 0.322 e. The second kappa shape index (κ2) is 3.53. The summed E-state index contributed by atoms with van der Waals surface area (Å²) < 4.78 is 0. The molecule has 0 aromatic carbocycles. The Bertz CT molecular complexity index is 119. The lowest BCUT2D eigenvalue weighted by atomic mass is 10.3. The first-order valence-corrected chi connectivity index (χ1v) is 3.47. The van der Waals surface area contributed by atoms with Crippen molar-refractivity contribution in [1.82, 2.24) is 10.6 Å². The van der Waals surface area contributed by atoms with Crippen molar-refractivity contribution in [1.29, 1.82) is 0 Å². The van der Waals surface area contributed by atoms with E-state index >= 15 is 0 Å². The van der Waals surface area contributed by atoms with Gasteiger partial charge in [-0.2, -0.15) is 0 Å². The molecule has 0 aliphatic carbocycles. The Kier molecular flexibility index (Phi) is 2.65. The maximum absolute atomic E-state index is 10.4. The quantitative estimate of drug-likeness (QED) is 0.443. The van der Waals surface area contributed by atoms with Crippen LogP contribution >= 0.6 is 0 Å². The Morgan fingerprint density at radius 3 is 3.00 bits per heavy atom. The molecule has 0 aromatic heterocycles. The van der Waals surface area contributed by atoms with E-state index in [1.807, 2.05) is 0 Å². The van der Waals surface area contributed by atoms with Crippen LogP contribution in [0, 0.1) is 0 Å². The van der Waals surface area contributed by atoms with E-state index < -0.39 is 12.0 Å². The van der Waals surface area contributed by atoms with Gasteiger partial charge in [-0.1, -0.05) is 0 Å². The maximum atomic E-state index is 10.4. The minimum Gasteiger partial charge on any atom is -0.480 e. The Labute approximate surface area is 59.6 Å². The molecule has 1 atom stereocenters. The molecule has 1 unspecified atom stereocenters. The van der Waals surface area contributed by atoms with Gasteiger partial charge in [0.1, 0.15) is 6.04 Å². The SMILES string of the molecule is O=C(O)C1CNCCCN1. The molecule has 1 fully saturated rings. The second-order valence-corrected chi connectivity index (χ2v) is 2.40. The molecule has 10 heavy (non-hydrogen) atoms. The number of rotatable bonds is 1. The molecule has 4 nitrogen and oxygen atoms in total. The first-order chi connectivity index (χ1) is 4.80. The first kappa shape index (κ1) is 7.50. The summed E-state index contributed by atoms with van der Waals surface area (Å²) >= 11 is 0. The number of nitrogens with one attached hydrogen (secondary N) is 2. The molecule has 1 aliphatic heterocycles. The molecule has 3 N–H and O–H groups in total. The minimum absolute atomic E-state index is 0.400. The Morgan fingerprint density at radius 2 is 2.30 bits per heavy atom. The molecule has 0 saturated carbocycles. The van der Waals surface area contributed by atoms with Crippen LogP contribution in [-0.2, 0) is 4.79 Å². The minimum atomic E-state index is -0.769. The van der Waals surface area contributed by atoms with Crippen molar-refractivity contribution in [2.75, 3.05) is 19.6 Å². The molecule has 0 bridgehead atoms. The van der Waals surface area contributed by atoms with Gasteiger partial charge in [0.25, 0.3) is 0 Å². The Hall–Kier alpha value is -0.610. The van der Waals surface area contributed by atoms with Gasteiger partial charge in [0.2, 0.25) is 0 Å². The van der Waals surface area contributed by atoms with Crippen LogP contribution in [0.15, 0.2) is 0 Å². The zero-order valence-electron chi connectivity index (χ0n) is 5.76.